The van der Waals surface area contributed by atoms with Gasteiger partial charge in [-0.2, -0.15) is 0 Å². The van der Waals surface area contributed by atoms with E-state index >= 15 is 0 Å². The first-order chi connectivity index (χ1) is 8.71. The molecule has 18 heavy (non-hydrogen) atoms. The molecule has 1 aromatic carbocycles. The van der Waals surface area contributed by atoms with Gasteiger partial charge in [-0.15, -0.1) is 11.8 Å². The summed E-state index contributed by atoms with van der Waals surface area (Å²) in [5.74, 6) is 0. The first kappa shape index (κ1) is 15.3. The van der Waals surface area contributed by atoms with E-state index in [0.717, 1.165) is 25.3 Å². The minimum Gasteiger partial charge on any atom is -0.390 e. The Hall–Kier alpha value is -0.710. The van der Waals surface area contributed by atoms with Crippen LogP contribution in [-0.2, 0) is 0 Å². The van der Waals surface area contributed by atoms with E-state index < -0.39 is 0 Å². The van der Waals surface area contributed by atoms with Gasteiger partial charge in [0.05, 0.1) is 6.10 Å². The lowest BCUT2D eigenvalue weighted by atomic mass is 10.2. The number of nitrogens with one attached hydrogen (secondary N) is 1. The Labute approximate surface area is 115 Å². The molecular formula is C14H24N2OS. The molecule has 0 aliphatic carbocycles. The third-order valence-electron chi connectivity index (χ3n) is 3.00. The number of aliphatic hydroxyl groups excluding tert-OH is 1. The molecule has 0 aliphatic rings. The fraction of sp³-hybridized carbons (Fsp3) is 0.571. The van der Waals surface area contributed by atoms with Gasteiger partial charge in [0.2, 0.25) is 0 Å². The van der Waals surface area contributed by atoms with Crippen LogP contribution in [0.1, 0.15) is 13.8 Å². The van der Waals surface area contributed by atoms with Crippen molar-refractivity contribution >= 4 is 17.4 Å². The van der Waals surface area contributed by atoms with Gasteiger partial charge < -0.3 is 15.3 Å². The van der Waals surface area contributed by atoms with E-state index in [1.54, 1.807) is 11.8 Å². The zero-order valence-corrected chi connectivity index (χ0v) is 12.3. The molecule has 0 spiro atoms. The Morgan fingerprint density at radius 2 is 1.94 bits per heavy atom. The van der Waals surface area contributed by atoms with Gasteiger partial charge in [-0.25, -0.2) is 0 Å². The summed E-state index contributed by atoms with van der Waals surface area (Å²) in [6, 6.07) is 8.18. The average Bonchev–Trinajstić information content (AvgIpc) is 2.42. The standard InChI is InChI=1S/C14H24N2OS/c1-4-16(5-2)11-12(17)10-15-13-8-6-7-9-14(13)18-3/h6-9,12,15,17H,4-5,10-11H2,1-3H3. The zero-order chi connectivity index (χ0) is 13.4. The van der Waals surface area contributed by atoms with Crippen molar-refractivity contribution in [3.63, 3.8) is 0 Å². The fourth-order valence-electron chi connectivity index (χ4n) is 1.86. The van der Waals surface area contributed by atoms with Crippen molar-refractivity contribution < 1.29 is 5.11 Å². The number of anilines is 1. The van der Waals surface area contributed by atoms with Crippen LogP contribution in [0.4, 0.5) is 5.69 Å². The van der Waals surface area contributed by atoms with Crippen LogP contribution in [-0.4, -0.2) is 48.5 Å². The summed E-state index contributed by atoms with van der Waals surface area (Å²) in [7, 11) is 0. The summed E-state index contributed by atoms with van der Waals surface area (Å²) in [5.41, 5.74) is 1.10. The molecular weight excluding hydrogens is 244 g/mol. The van der Waals surface area contributed by atoms with Gasteiger partial charge in [0, 0.05) is 23.7 Å². The van der Waals surface area contributed by atoms with Crippen LogP contribution >= 0.6 is 11.8 Å². The van der Waals surface area contributed by atoms with Crippen LogP contribution in [0.25, 0.3) is 0 Å². The number of aliphatic hydroxyl groups is 1. The molecule has 0 heterocycles. The SMILES string of the molecule is CCN(CC)CC(O)CNc1ccccc1SC. The molecule has 1 rings (SSSR count). The minimum atomic E-state index is -0.334. The number of thioether (sulfide) groups is 1. The van der Waals surface area contributed by atoms with Gasteiger partial charge in [-0.05, 0) is 31.5 Å². The predicted octanol–water partition coefficient (Wildman–Crippen LogP) is 2.52. The number of nitrogens with zero attached hydrogens (tertiary/aromatic N) is 1. The highest BCUT2D eigenvalue weighted by Gasteiger charge is 2.09. The van der Waals surface area contributed by atoms with Crippen LogP contribution in [0.5, 0.6) is 0 Å². The van der Waals surface area contributed by atoms with E-state index in [0.29, 0.717) is 6.54 Å². The summed E-state index contributed by atoms with van der Waals surface area (Å²) in [6.45, 7) is 7.51. The van der Waals surface area contributed by atoms with E-state index in [1.165, 1.54) is 4.90 Å². The monoisotopic (exact) mass is 268 g/mol. The summed E-state index contributed by atoms with van der Waals surface area (Å²) in [5, 5.41) is 13.3. The number of benzene rings is 1. The van der Waals surface area contributed by atoms with E-state index in [1.807, 2.05) is 12.1 Å². The molecule has 0 amide bonds. The molecule has 0 aliphatic heterocycles. The van der Waals surface area contributed by atoms with Crippen LogP contribution < -0.4 is 5.32 Å². The van der Waals surface area contributed by atoms with Crippen LogP contribution in [0.3, 0.4) is 0 Å². The third-order valence-corrected chi connectivity index (χ3v) is 3.79. The number of likely N-dealkylation sites (N-methyl/N-ethyl adjacent to an activating group) is 1. The molecule has 3 nitrogen and oxygen atoms in total. The second-order valence-corrected chi connectivity index (χ2v) is 5.07. The molecule has 0 saturated heterocycles. The summed E-state index contributed by atoms with van der Waals surface area (Å²) < 4.78 is 0. The Morgan fingerprint density at radius 1 is 1.28 bits per heavy atom. The highest BCUT2D eigenvalue weighted by atomic mass is 32.2. The van der Waals surface area contributed by atoms with E-state index in [-0.39, 0.29) is 6.10 Å². The highest BCUT2D eigenvalue weighted by Crippen LogP contribution is 2.24. The van der Waals surface area contributed by atoms with Crippen molar-refractivity contribution in [2.24, 2.45) is 0 Å². The van der Waals surface area contributed by atoms with Crippen molar-refractivity contribution in [3.05, 3.63) is 24.3 Å². The molecule has 0 bridgehead atoms. The molecule has 1 atom stereocenters. The molecule has 102 valence electrons. The maximum Gasteiger partial charge on any atom is 0.0839 e. The zero-order valence-electron chi connectivity index (χ0n) is 11.5. The van der Waals surface area contributed by atoms with Gasteiger partial charge in [-0.3, -0.25) is 0 Å². The largest absolute Gasteiger partial charge is 0.390 e. The van der Waals surface area contributed by atoms with Crippen molar-refractivity contribution in [3.8, 4) is 0 Å². The van der Waals surface area contributed by atoms with Gasteiger partial charge in [0.25, 0.3) is 0 Å². The minimum absolute atomic E-state index is 0.334. The lowest BCUT2D eigenvalue weighted by molar-refractivity contribution is 0.128. The number of rotatable bonds is 8. The summed E-state index contributed by atoms with van der Waals surface area (Å²) in [6.07, 6.45) is 1.73. The van der Waals surface area contributed by atoms with Crippen molar-refractivity contribution in [1.29, 1.82) is 0 Å². The van der Waals surface area contributed by atoms with E-state index in [4.69, 9.17) is 0 Å². The van der Waals surface area contributed by atoms with Crippen LogP contribution in [0.15, 0.2) is 29.2 Å². The smallest absolute Gasteiger partial charge is 0.0839 e. The predicted molar refractivity (Wildman–Crippen MR) is 80.5 cm³/mol. The van der Waals surface area contributed by atoms with E-state index in [9.17, 15) is 5.11 Å². The number of hydrogen-bond donors (Lipinski definition) is 2. The van der Waals surface area contributed by atoms with Gasteiger partial charge in [-0.1, -0.05) is 26.0 Å². The molecule has 2 N–H and O–H groups in total. The fourth-order valence-corrected chi connectivity index (χ4v) is 2.44. The quantitative estimate of drug-likeness (QED) is 0.710. The normalized spacial score (nSPS) is 12.7. The van der Waals surface area contributed by atoms with Gasteiger partial charge in [0.1, 0.15) is 0 Å². The Morgan fingerprint density at radius 3 is 2.56 bits per heavy atom. The molecule has 1 unspecified atom stereocenters. The summed E-state index contributed by atoms with van der Waals surface area (Å²) in [4.78, 5) is 3.44. The maximum atomic E-state index is 10.00. The molecule has 0 radical (unpaired) electrons. The molecule has 0 saturated carbocycles. The Bertz CT molecular complexity index is 342. The number of para-hydroxylation sites is 1. The van der Waals surface area contributed by atoms with Crippen molar-refractivity contribution in [2.75, 3.05) is 37.8 Å². The second kappa shape index (κ2) is 8.40. The summed E-state index contributed by atoms with van der Waals surface area (Å²) >= 11 is 1.72. The maximum absolute atomic E-state index is 10.00. The molecule has 4 heteroatoms. The first-order valence-corrected chi connectivity index (χ1v) is 7.71. The molecule has 0 fully saturated rings. The van der Waals surface area contributed by atoms with E-state index in [2.05, 4.69) is 42.5 Å². The Balaban J connectivity index is 2.44. The average molecular weight is 268 g/mol. The third kappa shape index (κ3) is 4.88. The highest BCUT2D eigenvalue weighted by molar-refractivity contribution is 7.98. The first-order valence-electron chi connectivity index (χ1n) is 6.48. The topological polar surface area (TPSA) is 35.5 Å². The lowest BCUT2D eigenvalue weighted by Gasteiger charge is -2.22. The van der Waals surface area contributed by atoms with Gasteiger partial charge >= 0.3 is 0 Å². The second-order valence-electron chi connectivity index (χ2n) is 4.22. The van der Waals surface area contributed by atoms with Crippen molar-refractivity contribution in [1.82, 2.24) is 4.90 Å². The molecule has 0 aromatic heterocycles. The number of hydrogen-bond acceptors (Lipinski definition) is 4. The van der Waals surface area contributed by atoms with Crippen LogP contribution in [0, 0.1) is 0 Å². The Kier molecular flexibility index (Phi) is 7.16. The molecule has 1 aromatic rings. The lowest BCUT2D eigenvalue weighted by Crippen LogP contribution is -2.35. The van der Waals surface area contributed by atoms with Gasteiger partial charge in [0.15, 0.2) is 0 Å². The van der Waals surface area contributed by atoms with Crippen molar-refractivity contribution in [2.45, 2.75) is 24.8 Å². The van der Waals surface area contributed by atoms with Crippen LogP contribution in [0.2, 0.25) is 0 Å².